The predicted octanol–water partition coefficient (Wildman–Crippen LogP) is 5.10. The Hall–Kier alpha value is -2.61. The standard InChI is InChI=1S/C27H32N2O3S2/c1-18-15-19(2)26(20(3)16-18)34(31,32)29-25(17-22-9-7-6-8-10-22)27(30)28-21(4)23-11-13-24(33-5)14-12-23/h6-16,21,25,29H,17H2,1-5H3,(H,28,30)/t21-,25+/m0/s1. The van der Waals surface area contributed by atoms with Crippen LogP contribution in [0.15, 0.2) is 76.5 Å². The van der Waals surface area contributed by atoms with Crippen molar-refractivity contribution in [2.45, 2.75) is 56.0 Å². The smallest absolute Gasteiger partial charge is 0.241 e. The Bertz CT molecular complexity index is 1220. The van der Waals surface area contributed by atoms with Gasteiger partial charge in [-0.25, -0.2) is 8.42 Å². The predicted molar refractivity (Wildman–Crippen MR) is 140 cm³/mol. The first-order valence-corrected chi connectivity index (χ1v) is 13.9. The average molecular weight is 497 g/mol. The van der Waals surface area contributed by atoms with Gasteiger partial charge in [-0.2, -0.15) is 4.72 Å². The van der Waals surface area contributed by atoms with Crippen LogP contribution in [0.4, 0.5) is 0 Å². The first kappa shape index (κ1) is 26.0. The van der Waals surface area contributed by atoms with Gasteiger partial charge in [-0.1, -0.05) is 60.2 Å². The quantitative estimate of drug-likeness (QED) is 0.404. The second-order valence-electron chi connectivity index (χ2n) is 8.59. The lowest BCUT2D eigenvalue weighted by Gasteiger charge is -2.23. The second-order valence-corrected chi connectivity index (χ2v) is 11.1. The fourth-order valence-electron chi connectivity index (χ4n) is 4.16. The summed E-state index contributed by atoms with van der Waals surface area (Å²) in [6.07, 6.45) is 2.26. The normalized spacial score (nSPS) is 13.3. The van der Waals surface area contributed by atoms with Crippen molar-refractivity contribution in [2.75, 3.05) is 6.26 Å². The molecule has 0 fully saturated rings. The zero-order valence-corrected chi connectivity index (χ0v) is 21.9. The number of benzene rings is 3. The lowest BCUT2D eigenvalue weighted by Crippen LogP contribution is -2.48. The number of carbonyl (C=O) groups is 1. The van der Waals surface area contributed by atoms with Gasteiger partial charge in [-0.05, 0) is 74.8 Å². The van der Waals surface area contributed by atoms with Crippen LogP contribution in [0.3, 0.4) is 0 Å². The average Bonchev–Trinajstić information content (AvgIpc) is 2.78. The highest BCUT2D eigenvalue weighted by Gasteiger charge is 2.29. The molecule has 2 atom stereocenters. The van der Waals surface area contributed by atoms with Crippen LogP contribution in [-0.2, 0) is 21.2 Å². The zero-order valence-electron chi connectivity index (χ0n) is 20.3. The van der Waals surface area contributed by atoms with Gasteiger partial charge in [0.05, 0.1) is 10.9 Å². The van der Waals surface area contributed by atoms with Crippen LogP contribution in [0.2, 0.25) is 0 Å². The number of amides is 1. The first-order chi connectivity index (χ1) is 16.1. The lowest BCUT2D eigenvalue weighted by atomic mass is 10.0. The van der Waals surface area contributed by atoms with E-state index < -0.39 is 16.1 Å². The van der Waals surface area contributed by atoms with Crippen LogP contribution >= 0.6 is 11.8 Å². The first-order valence-electron chi connectivity index (χ1n) is 11.2. The van der Waals surface area contributed by atoms with Crippen molar-refractivity contribution in [3.05, 3.63) is 94.5 Å². The minimum atomic E-state index is -3.93. The Morgan fingerprint density at radius 1 is 0.941 bits per heavy atom. The van der Waals surface area contributed by atoms with Crippen molar-refractivity contribution in [1.29, 1.82) is 0 Å². The van der Waals surface area contributed by atoms with Gasteiger partial charge < -0.3 is 5.32 Å². The third-order valence-electron chi connectivity index (χ3n) is 5.74. The number of rotatable bonds is 9. The zero-order chi connectivity index (χ0) is 24.9. The second kappa shape index (κ2) is 11.2. The van der Waals surface area contributed by atoms with Gasteiger partial charge in [0.15, 0.2) is 0 Å². The molecule has 180 valence electrons. The summed E-state index contributed by atoms with van der Waals surface area (Å²) >= 11 is 1.65. The minimum Gasteiger partial charge on any atom is -0.348 e. The molecule has 3 rings (SSSR count). The molecule has 0 bridgehead atoms. The molecule has 5 nitrogen and oxygen atoms in total. The van der Waals surface area contributed by atoms with Crippen LogP contribution in [0.1, 0.15) is 40.8 Å². The molecule has 3 aromatic rings. The third-order valence-corrected chi connectivity index (χ3v) is 8.26. The maximum atomic E-state index is 13.4. The summed E-state index contributed by atoms with van der Waals surface area (Å²) in [6, 6.07) is 19.9. The fourth-order valence-corrected chi connectivity index (χ4v) is 6.22. The van der Waals surface area contributed by atoms with Gasteiger partial charge in [0.2, 0.25) is 15.9 Å². The molecular weight excluding hydrogens is 464 g/mol. The van der Waals surface area contributed by atoms with Crippen molar-refractivity contribution >= 4 is 27.7 Å². The number of hydrogen-bond donors (Lipinski definition) is 2. The summed E-state index contributed by atoms with van der Waals surface area (Å²) in [4.78, 5) is 14.7. The van der Waals surface area contributed by atoms with Gasteiger partial charge in [0.1, 0.15) is 6.04 Å². The molecular formula is C27H32N2O3S2. The molecule has 0 radical (unpaired) electrons. The molecule has 0 saturated heterocycles. The molecule has 34 heavy (non-hydrogen) atoms. The van der Waals surface area contributed by atoms with Gasteiger partial charge in [0.25, 0.3) is 0 Å². The van der Waals surface area contributed by atoms with Crippen LogP contribution in [-0.4, -0.2) is 26.6 Å². The van der Waals surface area contributed by atoms with Crippen molar-refractivity contribution in [2.24, 2.45) is 0 Å². The van der Waals surface area contributed by atoms with E-state index in [1.165, 1.54) is 0 Å². The molecule has 2 N–H and O–H groups in total. The SMILES string of the molecule is CSc1ccc([C@H](C)NC(=O)[C@@H](Cc2ccccc2)NS(=O)(=O)c2c(C)cc(C)cc2C)cc1. The van der Waals surface area contributed by atoms with Crippen molar-refractivity contribution in [3.8, 4) is 0 Å². The number of thioether (sulfide) groups is 1. The van der Waals surface area contributed by atoms with Crippen LogP contribution < -0.4 is 10.0 Å². The number of hydrogen-bond acceptors (Lipinski definition) is 4. The van der Waals surface area contributed by atoms with E-state index in [0.717, 1.165) is 21.6 Å². The monoisotopic (exact) mass is 496 g/mol. The molecule has 0 spiro atoms. The number of carbonyl (C=O) groups excluding carboxylic acids is 1. The summed E-state index contributed by atoms with van der Waals surface area (Å²) in [5.74, 6) is -0.365. The molecule has 0 saturated carbocycles. The van der Waals surface area contributed by atoms with E-state index in [4.69, 9.17) is 0 Å². The Kier molecular flexibility index (Phi) is 8.57. The van der Waals surface area contributed by atoms with Gasteiger partial charge in [0, 0.05) is 4.90 Å². The van der Waals surface area contributed by atoms with E-state index in [1.807, 2.05) is 86.8 Å². The van der Waals surface area contributed by atoms with Gasteiger partial charge in [-0.15, -0.1) is 11.8 Å². The van der Waals surface area contributed by atoms with Crippen molar-refractivity contribution in [3.63, 3.8) is 0 Å². The Labute approximate surface area is 207 Å². The summed E-state index contributed by atoms with van der Waals surface area (Å²) in [5.41, 5.74) is 4.14. The largest absolute Gasteiger partial charge is 0.348 e. The molecule has 0 aliphatic rings. The van der Waals surface area contributed by atoms with Crippen LogP contribution in [0, 0.1) is 20.8 Å². The topological polar surface area (TPSA) is 75.3 Å². The summed E-state index contributed by atoms with van der Waals surface area (Å²) in [6.45, 7) is 7.39. The van der Waals surface area contributed by atoms with E-state index in [1.54, 1.807) is 25.6 Å². The molecule has 1 amide bonds. The van der Waals surface area contributed by atoms with E-state index >= 15 is 0 Å². The molecule has 3 aromatic carbocycles. The highest BCUT2D eigenvalue weighted by atomic mass is 32.2. The molecule has 0 aliphatic heterocycles. The van der Waals surface area contributed by atoms with Gasteiger partial charge in [-0.3, -0.25) is 4.79 Å². The van der Waals surface area contributed by atoms with E-state index in [2.05, 4.69) is 10.0 Å². The summed E-state index contributed by atoms with van der Waals surface area (Å²) < 4.78 is 29.5. The van der Waals surface area contributed by atoms with Crippen LogP contribution in [0.5, 0.6) is 0 Å². The third kappa shape index (κ3) is 6.50. The minimum absolute atomic E-state index is 0.227. The van der Waals surface area contributed by atoms with Crippen molar-refractivity contribution < 1.29 is 13.2 Å². The lowest BCUT2D eigenvalue weighted by molar-refractivity contribution is -0.123. The van der Waals surface area contributed by atoms with Crippen molar-refractivity contribution in [1.82, 2.24) is 10.0 Å². The molecule has 0 aromatic heterocycles. The van der Waals surface area contributed by atoms with Gasteiger partial charge >= 0.3 is 0 Å². The Morgan fingerprint density at radius 2 is 1.53 bits per heavy atom. The Balaban J connectivity index is 1.88. The highest BCUT2D eigenvalue weighted by molar-refractivity contribution is 7.98. The highest BCUT2D eigenvalue weighted by Crippen LogP contribution is 2.23. The van der Waals surface area contributed by atoms with E-state index in [0.29, 0.717) is 11.1 Å². The van der Waals surface area contributed by atoms with E-state index in [9.17, 15) is 13.2 Å². The maximum Gasteiger partial charge on any atom is 0.241 e. The molecule has 0 heterocycles. The van der Waals surface area contributed by atoms with Crippen LogP contribution in [0.25, 0.3) is 0 Å². The Morgan fingerprint density at radius 3 is 2.09 bits per heavy atom. The summed E-state index contributed by atoms with van der Waals surface area (Å²) in [7, 11) is -3.93. The molecule has 7 heteroatoms. The molecule has 0 aliphatic carbocycles. The van der Waals surface area contributed by atoms with E-state index in [-0.39, 0.29) is 23.3 Å². The fraction of sp³-hybridized carbons (Fsp3) is 0.296. The number of aryl methyl sites for hydroxylation is 3. The number of nitrogens with one attached hydrogen (secondary N) is 2. The maximum absolute atomic E-state index is 13.4. The molecule has 0 unspecified atom stereocenters. The summed E-state index contributed by atoms with van der Waals surface area (Å²) in [5, 5.41) is 2.99. The number of sulfonamides is 1.